The van der Waals surface area contributed by atoms with E-state index in [1.54, 1.807) is 23.4 Å². The Morgan fingerprint density at radius 1 is 1.42 bits per heavy atom. The molecular weight excluding hydrogens is 245 g/mol. The van der Waals surface area contributed by atoms with Gasteiger partial charge in [-0.05, 0) is 18.2 Å². The highest BCUT2D eigenvalue weighted by atomic mass is 19.1. The Hall–Kier alpha value is -2.17. The van der Waals surface area contributed by atoms with Gasteiger partial charge in [0, 0.05) is 25.6 Å². The van der Waals surface area contributed by atoms with Crippen LogP contribution in [0.3, 0.4) is 0 Å². The number of imidazole rings is 1. The van der Waals surface area contributed by atoms with Crippen molar-refractivity contribution < 1.29 is 9.18 Å². The van der Waals surface area contributed by atoms with Crippen LogP contribution in [0.15, 0.2) is 30.6 Å². The molecule has 98 valence electrons. The van der Waals surface area contributed by atoms with Crippen molar-refractivity contribution in [3.63, 3.8) is 0 Å². The maximum absolute atomic E-state index is 13.2. The van der Waals surface area contributed by atoms with Gasteiger partial charge in [-0.25, -0.2) is 9.37 Å². The highest BCUT2D eigenvalue weighted by molar-refractivity contribution is 5.94. The molecule has 1 aromatic heterocycles. The molecule has 5 heteroatoms. The maximum Gasteiger partial charge on any atom is 0.254 e. The minimum absolute atomic E-state index is 0.133. The average Bonchev–Trinajstić information content (AvgIpc) is 2.79. The lowest BCUT2D eigenvalue weighted by Gasteiger charge is -2.27. The molecule has 0 aliphatic carbocycles. The van der Waals surface area contributed by atoms with Crippen LogP contribution in [0.5, 0.6) is 0 Å². The van der Waals surface area contributed by atoms with Gasteiger partial charge in [0.05, 0.1) is 24.3 Å². The molecule has 0 saturated carbocycles. The molecule has 4 nitrogen and oxygen atoms in total. The smallest absolute Gasteiger partial charge is 0.254 e. The number of amides is 1. The standard InChI is InChI=1S/C14H14FN3O/c1-17-9-16-12-5-6-18(8-13(12)17)14(19)10-3-2-4-11(15)7-10/h2-4,7,9H,5-6,8H2,1H3. The van der Waals surface area contributed by atoms with Crippen molar-refractivity contribution in [3.05, 3.63) is 53.4 Å². The molecule has 2 heterocycles. The lowest BCUT2D eigenvalue weighted by atomic mass is 10.1. The Labute approximate surface area is 110 Å². The molecule has 0 unspecified atom stereocenters. The molecular formula is C14H14FN3O. The fourth-order valence-electron chi connectivity index (χ4n) is 2.39. The van der Waals surface area contributed by atoms with Gasteiger partial charge >= 0.3 is 0 Å². The molecule has 3 rings (SSSR count). The van der Waals surface area contributed by atoms with Crippen molar-refractivity contribution in [1.29, 1.82) is 0 Å². The van der Waals surface area contributed by atoms with Crippen LogP contribution in [0.2, 0.25) is 0 Å². The molecule has 2 aromatic rings. The van der Waals surface area contributed by atoms with Crippen LogP contribution in [0.25, 0.3) is 0 Å². The van der Waals surface area contributed by atoms with E-state index in [1.807, 2.05) is 11.6 Å². The van der Waals surface area contributed by atoms with Gasteiger partial charge in [-0.2, -0.15) is 0 Å². The second kappa shape index (κ2) is 4.50. The van der Waals surface area contributed by atoms with Crippen LogP contribution in [0.4, 0.5) is 4.39 Å². The number of nitrogens with zero attached hydrogens (tertiary/aromatic N) is 3. The van der Waals surface area contributed by atoms with Crippen LogP contribution < -0.4 is 0 Å². The zero-order chi connectivity index (χ0) is 13.4. The Bertz CT molecular complexity index is 635. The number of carbonyl (C=O) groups is 1. The van der Waals surface area contributed by atoms with E-state index in [4.69, 9.17) is 0 Å². The highest BCUT2D eigenvalue weighted by Gasteiger charge is 2.24. The van der Waals surface area contributed by atoms with E-state index in [-0.39, 0.29) is 11.7 Å². The zero-order valence-corrected chi connectivity index (χ0v) is 10.6. The first kappa shape index (κ1) is 11.9. The Morgan fingerprint density at radius 3 is 3.05 bits per heavy atom. The summed E-state index contributed by atoms with van der Waals surface area (Å²) in [5.74, 6) is -0.518. The summed E-state index contributed by atoms with van der Waals surface area (Å²) in [7, 11) is 1.92. The maximum atomic E-state index is 13.2. The third-order valence-electron chi connectivity index (χ3n) is 3.46. The molecule has 1 aliphatic rings. The van der Waals surface area contributed by atoms with Crippen molar-refractivity contribution in [3.8, 4) is 0 Å². The Balaban J connectivity index is 1.85. The minimum Gasteiger partial charge on any atom is -0.336 e. The van der Waals surface area contributed by atoms with Crippen LogP contribution in [0, 0.1) is 5.82 Å². The molecule has 19 heavy (non-hydrogen) atoms. The number of benzene rings is 1. The van der Waals surface area contributed by atoms with Crippen molar-refractivity contribution >= 4 is 5.91 Å². The van der Waals surface area contributed by atoms with Gasteiger partial charge in [0.2, 0.25) is 0 Å². The number of halogens is 1. The number of aromatic nitrogens is 2. The predicted octanol–water partition coefficient (Wildman–Crippen LogP) is 1.76. The number of hydrogen-bond acceptors (Lipinski definition) is 2. The summed E-state index contributed by atoms with van der Waals surface area (Å²) in [4.78, 5) is 18.4. The van der Waals surface area contributed by atoms with Crippen LogP contribution >= 0.6 is 0 Å². The van der Waals surface area contributed by atoms with Gasteiger partial charge in [0.25, 0.3) is 5.91 Å². The van der Waals surface area contributed by atoms with Crippen molar-refractivity contribution in [2.75, 3.05) is 6.54 Å². The normalized spacial score (nSPS) is 14.3. The van der Waals surface area contributed by atoms with Crippen LogP contribution in [-0.2, 0) is 20.0 Å². The molecule has 0 atom stereocenters. The molecule has 0 bridgehead atoms. The monoisotopic (exact) mass is 259 g/mol. The van der Waals surface area contributed by atoms with Crippen molar-refractivity contribution in [2.45, 2.75) is 13.0 Å². The van der Waals surface area contributed by atoms with E-state index in [0.29, 0.717) is 18.7 Å². The van der Waals surface area contributed by atoms with Crippen molar-refractivity contribution in [2.24, 2.45) is 7.05 Å². The second-order valence-electron chi connectivity index (χ2n) is 4.74. The summed E-state index contributed by atoms with van der Waals surface area (Å²) < 4.78 is 15.1. The first-order valence-electron chi connectivity index (χ1n) is 6.19. The van der Waals surface area contributed by atoms with E-state index >= 15 is 0 Å². The fourth-order valence-corrected chi connectivity index (χ4v) is 2.39. The van der Waals surface area contributed by atoms with E-state index < -0.39 is 0 Å². The summed E-state index contributed by atoms with van der Waals surface area (Å²) in [6.07, 6.45) is 2.51. The molecule has 0 N–H and O–H groups in total. The molecule has 1 aromatic carbocycles. The predicted molar refractivity (Wildman–Crippen MR) is 68.1 cm³/mol. The van der Waals surface area contributed by atoms with Gasteiger partial charge in [0.1, 0.15) is 5.82 Å². The summed E-state index contributed by atoms with van der Waals surface area (Å²) in [6, 6.07) is 5.82. The number of fused-ring (bicyclic) bond motifs is 1. The quantitative estimate of drug-likeness (QED) is 0.782. The van der Waals surface area contributed by atoms with E-state index in [1.165, 1.54) is 12.1 Å². The number of aryl methyl sites for hydroxylation is 1. The zero-order valence-electron chi connectivity index (χ0n) is 10.6. The lowest BCUT2D eigenvalue weighted by molar-refractivity contribution is 0.0729. The minimum atomic E-state index is -0.385. The molecule has 0 radical (unpaired) electrons. The van der Waals surface area contributed by atoms with Gasteiger partial charge in [-0.15, -0.1) is 0 Å². The van der Waals surface area contributed by atoms with Crippen LogP contribution in [0.1, 0.15) is 21.7 Å². The van der Waals surface area contributed by atoms with Gasteiger partial charge < -0.3 is 9.47 Å². The fraction of sp³-hybridized carbons (Fsp3) is 0.286. The van der Waals surface area contributed by atoms with E-state index in [9.17, 15) is 9.18 Å². The molecule has 1 aliphatic heterocycles. The van der Waals surface area contributed by atoms with E-state index in [0.717, 1.165) is 17.8 Å². The Kier molecular flexibility index (Phi) is 2.81. The molecule has 0 saturated heterocycles. The molecule has 1 amide bonds. The SMILES string of the molecule is Cn1cnc2c1CN(C(=O)c1cccc(F)c1)CC2. The van der Waals surface area contributed by atoms with E-state index in [2.05, 4.69) is 4.98 Å². The highest BCUT2D eigenvalue weighted by Crippen LogP contribution is 2.19. The summed E-state index contributed by atoms with van der Waals surface area (Å²) >= 11 is 0. The van der Waals surface area contributed by atoms with Gasteiger partial charge in [0.15, 0.2) is 0 Å². The largest absolute Gasteiger partial charge is 0.336 e. The first-order chi connectivity index (χ1) is 9.15. The average molecular weight is 259 g/mol. The van der Waals surface area contributed by atoms with Gasteiger partial charge in [-0.3, -0.25) is 4.79 Å². The summed E-state index contributed by atoms with van der Waals surface area (Å²) in [5.41, 5.74) is 2.49. The molecule has 0 fully saturated rings. The Morgan fingerprint density at radius 2 is 2.26 bits per heavy atom. The summed E-state index contributed by atoms with van der Waals surface area (Å²) in [6.45, 7) is 1.15. The first-order valence-corrected chi connectivity index (χ1v) is 6.19. The second-order valence-corrected chi connectivity index (χ2v) is 4.74. The topological polar surface area (TPSA) is 38.1 Å². The third-order valence-corrected chi connectivity index (χ3v) is 3.46. The van der Waals surface area contributed by atoms with Gasteiger partial charge in [-0.1, -0.05) is 6.07 Å². The number of carbonyl (C=O) groups excluding carboxylic acids is 1. The third kappa shape index (κ3) is 2.12. The van der Waals surface area contributed by atoms with Crippen LogP contribution in [-0.4, -0.2) is 26.9 Å². The lowest BCUT2D eigenvalue weighted by Crippen LogP contribution is -2.36. The summed E-state index contributed by atoms with van der Waals surface area (Å²) in [5, 5.41) is 0. The molecule has 0 spiro atoms. The number of rotatable bonds is 1. The van der Waals surface area contributed by atoms with Crippen molar-refractivity contribution in [1.82, 2.24) is 14.5 Å². The number of hydrogen-bond donors (Lipinski definition) is 0.